The van der Waals surface area contributed by atoms with Gasteiger partial charge < -0.3 is 10.5 Å². The minimum Gasteiger partial charge on any atom is -0.399 e. The van der Waals surface area contributed by atoms with Crippen molar-refractivity contribution in [3.8, 4) is 0 Å². The predicted molar refractivity (Wildman–Crippen MR) is 72.6 cm³/mol. The van der Waals surface area contributed by atoms with Crippen molar-refractivity contribution in [1.82, 2.24) is 4.31 Å². The Bertz CT molecular complexity index is 474. The molecular weight excluding hydrogens is 252 g/mol. The van der Waals surface area contributed by atoms with Crippen LogP contribution >= 0.6 is 0 Å². The van der Waals surface area contributed by atoms with Gasteiger partial charge in [-0.3, -0.25) is 0 Å². The zero-order chi connectivity index (χ0) is 13.6. The van der Waals surface area contributed by atoms with Crippen molar-refractivity contribution in [2.45, 2.75) is 12.7 Å². The van der Waals surface area contributed by atoms with Gasteiger partial charge in [0.2, 0.25) is 10.0 Å². The SMILES string of the molecule is CCN(CCOC)S(=O)(=O)Cc1cccc(N)c1. The van der Waals surface area contributed by atoms with E-state index in [1.165, 1.54) is 4.31 Å². The molecule has 0 unspecified atom stereocenters. The van der Waals surface area contributed by atoms with E-state index in [4.69, 9.17) is 10.5 Å². The molecule has 2 N–H and O–H groups in total. The van der Waals surface area contributed by atoms with Crippen molar-refractivity contribution in [1.29, 1.82) is 0 Å². The zero-order valence-corrected chi connectivity index (χ0v) is 11.6. The van der Waals surface area contributed by atoms with E-state index in [9.17, 15) is 8.42 Å². The van der Waals surface area contributed by atoms with Gasteiger partial charge in [-0.2, -0.15) is 4.31 Å². The molecule has 0 saturated carbocycles. The average molecular weight is 272 g/mol. The topological polar surface area (TPSA) is 72.6 Å². The lowest BCUT2D eigenvalue weighted by Gasteiger charge is -2.20. The van der Waals surface area contributed by atoms with Crippen LogP contribution in [0.25, 0.3) is 0 Å². The number of hydrogen-bond acceptors (Lipinski definition) is 4. The summed E-state index contributed by atoms with van der Waals surface area (Å²) in [5.74, 6) is -0.0321. The Hall–Kier alpha value is -1.11. The summed E-state index contributed by atoms with van der Waals surface area (Å²) in [6.07, 6.45) is 0. The van der Waals surface area contributed by atoms with Crippen LogP contribution in [0.2, 0.25) is 0 Å². The van der Waals surface area contributed by atoms with Crippen LogP contribution < -0.4 is 5.73 Å². The van der Waals surface area contributed by atoms with Gasteiger partial charge in [0.15, 0.2) is 0 Å². The fraction of sp³-hybridized carbons (Fsp3) is 0.500. The van der Waals surface area contributed by atoms with E-state index in [0.29, 0.717) is 30.9 Å². The van der Waals surface area contributed by atoms with E-state index in [1.807, 2.05) is 6.92 Å². The number of anilines is 1. The van der Waals surface area contributed by atoms with E-state index < -0.39 is 10.0 Å². The second-order valence-corrected chi connectivity index (χ2v) is 5.95. The lowest BCUT2D eigenvalue weighted by Crippen LogP contribution is -2.34. The zero-order valence-electron chi connectivity index (χ0n) is 10.8. The quantitative estimate of drug-likeness (QED) is 0.754. The molecular formula is C12H20N2O3S. The number of hydrogen-bond donors (Lipinski definition) is 1. The predicted octanol–water partition coefficient (Wildman–Crippen LogP) is 1.07. The number of nitrogen functional groups attached to an aromatic ring is 1. The molecule has 0 aliphatic carbocycles. The van der Waals surface area contributed by atoms with Crippen LogP contribution in [0.5, 0.6) is 0 Å². The molecule has 1 aromatic rings. The van der Waals surface area contributed by atoms with Crippen molar-refractivity contribution in [2.75, 3.05) is 32.5 Å². The van der Waals surface area contributed by atoms with Gasteiger partial charge >= 0.3 is 0 Å². The maximum Gasteiger partial charge on any atom is 0.218 e. The number of likely N-dealkylation sites (N-methyl/N-ethyl adjacent to an activating group) is 1. The van der Waals surface area contributed by atoms with Crippen LogP contribution in [-0.2, 0) is 20.5 Å². The van der Waals surface area contributed by atoms with Crippen LogP contribution in [0.3, 0.4) is 0 Å². The standard InChI is InChI=1S/C12H20N2O3S/c1-3-14(7-8-17-2)18(15,16)10-11-5-4-6-12(13)9-11/h4-6,9H,3,7-8,10,13H2,1-2H3. The largest absolute Gasteiger partial charge is 0.399 e. The first kappa shape index (κ1) is 14.9. The molecule has 0 radical (unpaired) electrons. The van der Waals surface area contributed by atoms with Crippen molar-refractivity contribution >= 4 is 15.7 Å². The van der Waals surface area contributed by atoms with E-state index in [2.05, 4.69) is 0 Å². The Morgan fingerprint density at radius 1 is 1.39 bits per heavy atom. The lowest BCUT2D eigenvalue weighted by molar-refractivity contribution is 0.180. The molecule has 0 aliphatic heterocycles. The molecule has 1 aromatic carbocycles. The van der Waals surface area contributed by atoms with E-state index in [-0.39, 0.29) is 5.75 Å². The minimum atomic E-state index is -3.32. The molecule has 102 valence electrons. The number of benzene rings is 1. The highest BCUT2D eigenvalue weighted by Crippen LogP contribution is 2.13. The second-order valence-electron chi connectivity index (χ2n) is 3.99. The first-order valence-electron chi connectivity index (χ1n) is 5.80. The Balaban J connectivity index is 2.79. The van der Waals surface area contributed by atoms with Crippen LogP contribution in [0, 0.1) is 0 Å². The molecule has 0 atom stereocenters. The molecule has 0 spiro atoms. The molecule has 0 bridgehead atoms. The molecule has 0 aromatic heterocycles. The van der Waals surface area contributed by atoms with Crippen molar-refractivity contribution in [2.24, 2.45) is 0 Å². The summed E-state index contributed by atoms with van der Waals surface area (Å²) in [6, 6.07) is 6.93. The molecule has 0 aliphatic rings. The molecule has 18 heavy (non-hydrogen) atoms. The summed E-state index contributed by atoms with van der Waals surface area (Å²) in [6.45, 7) is 3.02. The summed E-state index contributed by atoms with van der Waals surface area (Å²) < 4.78 is 30.7. The van der Waals surface area contributed by atoms with E-state index in [1.54, 1.807) is 31.4 Å². The number of nitrogens with two attached hydrogens (primary N) is 1. The van der Waals surface area contributed by atoms with Gasteiger partial charge in [0.05, 0.1) is 12.4 Å². The van der Waals surface area contributed by atoms with Crippen molar-refractivity contribution in [3.63, 3.8) is 0 Å². The average Bonchev–Trinajstić information content (AvgIpc) is 2.29. The second kappa shape index (κ2) is 6.72. The summed E-state index contributed by atoms with van der Waals surface area (Å²) in [5, 5.41) is 0. The van der Waals surface area contributed by atoms with Crippen molar-refractivity contribution in [3.05, 3.63) is 29.8 Å². The Kier molecular flexibility index (Phi) is 5.58. The molecule has 0 saturated heterocycles. The van der Waals surface area contributed by atoms with Gasteiger partial charge in [0.25, 0.3) is 0 Å². The highest BCUT2D eigenvalue weighted by Gasteiger charge is 2.20. The van der Waals surface area contributed by atoms with Crippen LogP contribution in [0.4, 0.5) is 5.69 Å². The third-order valence-electron chi connectivity index (χ3n) is 2.59. The van der Waals surface area contributed by atoms with E-state index >= 15 is 0 Å². The van der Waals surface area contributed by atoms with Crippen LogP contribution in [0.15, 0.2) is 24.3 Å². The minimum absolute atomic E-state index is 0.0321. The molecule has 5 nitrogen and oxygen atoms in total. The monoisotopic (exact) mass is 272 g/mol. The normalized spacial score (nSPS) is 11.9. The summed E-state index contributed by atoms with van der Waals surface area (Å²) >= 11 is 0. The third-order valence-corrected chi connectivity index (χ3v) is 4.52. The Morgan fingerprint density at radius 3 is 2.67 bits per heavy atom. The molecule has 0 fully saturated rings. The summed E-state index contributed by atoms with van der Waals surface area (Å²) in [5.41, 5.74) is 6.91. The van der Waals surface area contributed by atoms with Gasteiger partial charge in [-0.05, 0) is 17.7 Å². The fourth-order valence-electron chi connectivity index (χ4n) is 1.67. The summed E-state index contributed by atoms with van der Waals surface area (Å²) in [7, 11) is -1.76. The van der Waals surface area contributed by atoms with Gasteiger partial charge in [-0.15, -0.1) is 0 Å². The maximum absolute atomic E-state index is 12.2. The van der Waals surface area contributed by atoms with Crippen LogP contribution in [-0.4, -0.2) is 39.5 Å². The molecule has 0 heterocycles. The highest BCUT2D eigenvalue weighted by molar-refractivity contribution is 7.88. The molecule has 1 rings (SSSR count). The number of nitrogens with zero attached hydrogens (tertiary/aromatic N) is 1. The number of ether oxygens (including phenoxy) is 1. The Labute approximate surface area is 109 Å². The van der Waals surface area contributed by atoms with Gasteiger partial charge in [-0.25, -0.2) is 8.42 Å². The maximum atomic E-state index is 12.2. The first-order chi connectivity index (χ1) is 8.49. The van der Waals surface area contributed by atoms with Crippen LogP contribution in [0.1, 0.15) is 12.5 Å². The van der Waals surface area contributed by atoms with E-state index in [0.717, 1.165) is 0 Å². The van der Waals surface area contributed by atoms with Gasteiger partial charge in [0.1, 0.15) is 0 Å². The molecule has 0 amide bonds. The number of rotatable bonds is 7. The summed E-state index contributed by atoms with van der Waals surface area (Å²) in [4.78, 5) is 0. The number of sulfonamides is 1. The smallest absolute Gasteiger partial charge is 0.218 e. The van der Waals surface area contributed by atoms with Crippen molar-refractivity contribution < 1.29 is 13.2 Å². The molecule has 6 heteroatoms. The highest BCUT2D eigenvalue weighted by atomic mass is 32.2. The van der Waals surface area contributed by atoms with Gasteiger partial charge in [0, 0.05) is 25.9 Å². The first-order valence-corrected chi connectivity index (χ1v) is 7.41. The number of methoxy groups -OCH3 is 1. The lowest BCUT2D eigenvalue weighted by atomic mass is 10.2. The fourth-order valence-corrected chi connectivity index (χ4v) is 3.20. The Morgan fingerprint density at radius 2 is 2.11 bits per heavy atom. The van der Waals surface area contributed by atoms with Gasteiger partial charge in [-0.1, -0.05) is 19.1 Å². The third kappa shape index (κ3) is 4.29.